The fraction of sp³-hybridized carbons (Fsp3) is 0.226. The van der Waals surface area contributed by atoms with Crippen molar-refractivity contribution in [3.63, 3.8) is 0 Å². The molecule has 4 aliphatic carbocycles. The van der Waals surface area contributed by atoms with Crippen molar-refractivity contribution >= 4 is 50.2 Å². The molecule has 2 heterocycles. The van der Waals surface area contributed by atoms with Gasteiger partial charge in [0.1, 0.15) is 0 Å². The van der Waals surface area contributed by atoms with Crippen LogP contribution in [0.3, 0.4) is 0 Å². The highest BCUT2D eigenvalue weighted by Crippen LogP contribution is 2.49. The standard InChI is InChI=1S/C62H58N4/c1-43-21-29-49(30-22-43)63(53-37-39-61-57(41-53)55-17-9-11-19-59(55)65(61)47-13-5-3-6-14-47)51-33-25-45(26-34-51)46-27-35-52(36-28-46)64(50-31-23-44(2)24-32-50)54-38-40-62-58(42-54)56-18-10-12-20-60(56)66(62)48-15-7-4-8-16-48/h3-11,13,15-19,21-23,25-30,33-37,39-42,47,50,54,56,60H,12,14,20,24,31-32,38H2,1-2H3. The maximum Gasteiger partial charge on any atom is 0.0560 e. The van der Waals surface area contributed by atoms with Gasteiger partial charge >= 0.3 is 0 Å². The summed E-state index contributed by atoms with van der Waals surface area (Å²) < 4.78 is 2.52. The molecule has 6 aromatic carbocycles. The number of benzene rings is 6. The highest BCUT2D eigenvalue weighted by molar-refractivity contribution is 6.09. The summed E-state index contributed by atoms with van der Waals surface area (Å²) in [6, 6.07) is 56.2. The molecule has 0 spiro atoms. The molecule has 0 saturated carbocycles. The van der Waals surface area contributed by atoms with Crippen LogP contribution >= 0.6 is 0 Å². The van der Waals surface area contributed by atoms with E-state index in [1.807, 2.05) is 0 Å². The van der Waals surface area contributed by atoms with E-state index < -0.39 is 0 Å². The first-order valence-electron chi connectivity index (χ1n) is 24.4. The quantitative estimate of drug-likeness (QED) is 0.134. The Morgan fingerprint density at radius 2 is 1.29 bits per heavy atom. The fourth-order valence-electron chi connectivity index (χ4n) is 11.8. The first-order chi connectivity index (χ1) is 32.6. The van der Waals surface area contributed by atoms with Crippen LogP contribution in [0.25, 0.3) is 32.9 Å². The number of anilines is 5. The van der Waals surface area contributed by atoms with Gasteiger partial charge in [-0.1, -0.05) is 139 Å². The monoisotopic (exact) mass is 858 g/mol. The van der Waals surface area contributed by atoms with Gasteiger partial charge in [0.05, 0.1) is 12.1 Å². The van der Waals surface area contributed by atoms with Gasteiger partial charge in [0.15, 0.2) is 0 Å². The molecule has 4 heteroatoms. The molecule has 5 unspecified atom stereocenters. The molecule has 0 bridgehead atoms. The summed E-state index contributed by atoms with van der Waals surface area (Å²) in [7, 11) is 0. The van der Waals surface area contributed by atoms with Crippen molar-refractivity contribution in [2.45, 2.75) is 83.0 Å². The van der Waals surface area contributed by atoms with Gasteiger partial charge in [-0.15, -0.1) is 0 Å². The van der Waals surface area contributed by atoms with Gasteiger partial charge in [-0.3, -0.25) is 0 Å². The van der Waals surface area contributed by atoms with Crippen LogP contribution in [0.2, 0.25) is 0 Å². The van der Waals surface area contributed by atoms with E-state index in [0.29, 0.717) is 30.1 Å². The lowest BCUT2D eigenvalue weighted by atomic mass is 9.84. The molecular formula is C62H58N4. The lowest BCUT2D eigenvalue weighted by Gasteiger charge is -2.41. The molecule has 0 N–H and O–H groups in total. The maximum atomic E-state index is 2.78. The molecule has 4 nitrogen and oxygen atoms in total. The Morgan fingerprint density at radius 1 is 0.576 bits per heavy atom. The molecule has 1 saturated heterocycles. The summed E-state index contributed by atoms with van der Waals surface area (Å²) in [5, 5.41) is 2.57. The first kappa shape index (κ1) is 40.5. The number of nitrogens with zero attached hydrogens (tertiary/aromatic N) is 4. The van der Waals surface area contributed by atoms with E-state index in [1.54, 1.807) is 0 Å². The largest absolute Gasteiger partial charge is 0.361 e. The third-order valence-electron chi connectivity index (χ3n) is 15.1. The summed E-state index contributed by atoms with van der Waals surface area (Å²) in [4.78, 5) is 7.84. The zero-order chi connectivity index (χ0) is 44.1. The van der Waals surface area contributed by atoms with E-state index >= 15 is 0 Å². The predicted octanol–water partition coefficient (Wildman–Crippen LogP) is 16.0. The van der Waals surface area contributed by atoms with Crippen LogP contribution in [0.5, 0.6) is 0 Å². The lowest BCUT2D eigenvalue weighted by Crippen LogP contribution is -2.44. The average molecular weight is 859 g/mol. The maximum absolute atomic E-state index is 2.78. The van der Waals surface area contributed by atoms with Gasteiger partial charge in [0.25, 0.3) is 0 Å². The number of aromatic nitrogens is 1. The van der Waals surface area contributed by atoms with E-state index in [0.717, 1.165) is 49.2 Å². The molecule has 0 radical (unpaired) electrons. The summed E-state index contributed by atoms with van der Waals surface area (Å²) in [5.41, 5.74) is 16.8. The summed E-state index contributed by atoms with van der Waals surface area (Å²) in [6.07, 6.45) is 29.4. The number of fused-ring (bicyclic) bond motifs is 6. The van der Waals surface area contributed by atoms with Crippen LogP contribution in [0.1, 0.15) is 63.5 Å². The average Bonchev–Trinajstić information content (AvgIpc) is 3.89. The molecule has 1 aliphatic heterocycles. The smallest absolute Gasteiger partial charge is 0.0560 e. The Balaban J connectivity index is 0.864. The van der Waals surface area contributed by atoms with E-state index in [4.69, 9.17) is 0 Å². The third kappa shape index (κ3) is 7.24. The van der Waals surface area contributed by atoms with Crippen LogP contribution in [0.15, 0.2) is 217 Å². The molecule has 5 atom stereocenters. The molecule has 0 amide bonds. The predicted molar refractivity (Wildman–Crippen MR) is 279 cm³/mol. The van der Waals surface area contributed by atoms with E-state index in [1.165, 1.54) is 79.6 Å². The van der Waals surface area contributed by atoms with E-state index in [-0.39, 0.29) is 0 Å². The molecular weight excluding hydrogens is 801 g/mol. The summed E-state index contributed by atoms with van der Waals surface area (Å²) in [5.74, 6) is 0.433. The van der Waals surface area contributed by atoms with Gasteiger partial charge < -0.3 is 19.3 Å². The van der Waals surface area contributed by atoms with Gasteiger partial charge in [-0.25, -0.2) is 0 Å². The minimum absolute atomic E-state index is 0.297. The summed E-state index contributed by atoms with van der Waals surface area (Å²) in [6.45, 7) is 4.46. The fourth-order valence-corrected chi connectivity index (χ4v) is 11.8. The van der Waals surface area contributed by atoms with Crippen molar-refractivity contribution in [1.82, 2.24) is 4.57 Å². The van der Waals surface area contributed by atoms with Gasteiger partial charge in [0, 0.05) is 73.9 Å². The zero-order valence-electron chi connectivity index (χ0n) is 38.2. The normalized spacial score (nSPS) is 22.2. The van der Waals surface area contributed by atoms with Crippen LogP contribution in [0.4, 0.5) is 28.4 Å². The second-order valence-electron chi connectivity index (χ2n) is 19.2. The molecule has 5 aliphatic rings. The van der Waals surface area contributed by atoms with Crippen molar-refractivity contribution < 1.29 is 0 Å². The molecule has 12 rings (SSSR count). The molecule has 326 valence electrons. The van der Waals surface area contributed by atoms with Gasteiger partial charge in [0.2, 0.25) is 0 Å². The van der Waals surface area contributed by atoms with Crippen LogP contribution in [-0.2, 0) is 0 Å². The van der Waals surface area contributed by atoms with Crippen molar-refractivity contribution in [3.05, 3.63) is 223 Å². The summed E-state index contributed by atoms with van der Waals surface area (Å²) >= 11 is 0. The topological polar surface area (TPSA) is 14.7 Å². The Morgan fingerprint density at radius 3 is 2.03 bits per heavy atom. The molecule has 1 aromatic heterocycles. The number of rotatable bonds is 9. The highest BCUT2D eigenvalue weighted by Gasteiger charge is 2.43. The number of para-hydroxylation sites is 2. The number of allylic oxidation sites excluding steroid dienone is 7. The third-order valence-corrected chi connectivity index (χ3v) is 15.1. The SMILES string of the molecule is CC1=CCC(N(c2ccc(-c3ccc(N(c4ccc(C)cc4)c4ccc5c(c4)c4ccccc4n5C4C=CC=CC4)cc3)cc2)C2C=C3C(=CC2)N(c2ccccc2)C2CCC=CC32)CC1. The highest BCUT2D eigenvalue weighted by atomic mass is 15.2. The van der Waals surface area contributed by atoms with Gasteiger partial charge in [-0.05, 0) is 148 Å². The molecule has 7 aromatic rings. The van der Waals surface area contributed by atoms with Crippen molar-refractivity contribution in [3.8, 4) is 11.1 Å². The minimum atomic E-state index is 0.297. The number of aryl methyl sites for hydroxylation is 1. The lowest BCUT2D eigenvalue weighted by molar-refractivity contribution is 0.497. The second-order valence-corrected chi connectivity index (χ2v) is 19.2. The zero-order valence-corrected chi connectivity index (χ0v) is 38.2. The van der Waals surface area contributed by atoms with E-state index in [2.05, 4.69) is 233 Å². The second kappa shape index (κ2) is 17.1. The van der Waals surface area contributed by atoms with E-state index in [9.17, 15) is 0 Å². The van der Waals surface area contributed by atoms with Crippen molar-refractivity contribution in [2.75, 3.05) is 14.7 Å². The van der Waals surface area contributed by atoms with Crippen molar-refractivity contribution in [1.29, 1.82) is 0 Å². The molecule has 1 fully saturated rings. The Kier molecular flexibility index (Phi) is 10.5. The van der Waals surface area contributed by atoms with Gasteiger partial charge in [-0.2, -0.15) is 0 Å². The van der Waals surface area contributed by atoms with Crippen LogP contribution < -0.4 is 14.7 Å². The Labute approximate surface area is 390 Å². The Bertz CT molecular complexity index is 3100. The molecule has 66 heavy (non-hydrogen) atoms. The van der Waals surface area contributed by atoms with Crippen LogP contribution in [-0.4, -0.2) is 22.7 Å². The number of hydrogen-bond acceptors (Lipinski definition) is 3. The van der Waals surface area contributed by atoms with Crippen molar-refractivity contribution in [2.24, 2.45) is 5.92 Å². The number of hydrogen-bond donors (Lipinski definition) is 0. The first-order valence-corrected chi connectivity index (χ1v) is 24.4. The van der Waals surface area contributed by atoms with Crippen LogP contribution in [0, 0.1) is 12.8 Å². The minimum Gasteiger partial charge on any atom is -0.361 e. The Hall–Kier alpha value is -7.04.